The predicted octanol–water partition coefficient (Wildman–Crippen LogP) is 5.61. The van der Waals surface area contributed by atoms with Gasteiger partial charge in [0.2, 0.25) is 0 Å². The maximum Gasteiger partial charge on any atom is 0.338 e. The molecule has 0 N–H and O–H groups in total. The second-order valence-electron chi connectivity index (χ2n) is 9.87. The molecule has 2 heterocycles. The van der Waals surface area contributed by atoms with Crippen molar-refractivity contribution >= 4 is 45.0 Å². The summed E-state index contributed by atoms with van der Waals surface area (Å²) in [6.45, 7) is 7.89. The van der Waals surface area contributed by atoms with Crippen molar-refractivity contribution in [1.82, 2.24) is 4.57 Å². The number of non-ortho nitro benzene ring substituents is 1. The fourth-order valence-electron chi connectivity index (χ4n) is 4.76. The first kappa shape index (κ1) is 31.6. The molecule has 1 atom stereocenters. The van der Waals surface area contributed by atoms with Gasteiger partial charge >= 0.3 is 5.97 Å². The summed E-state index contributed by atoms with van der Waals surface area (Å²) < 4.78 is 19.5. The second kappa shape index (κ2) is 13.9. The minimum Gasteiger partial charge on any atom is -0.490 e. The number of nitro groups is 1. The van der Waals surface area contributed by atoms with Gasteiger partial charge in [-0.15, -0.1) is 0 Å². The minimum absolute atomic E-state index is 0.0138. The van der Waals surface area contributed by atoms with E-state index in [1.54, 1.807) is 56.3 Å². The van der Waals surface area contributed by atoms with Crippen molar-refractivity contribution in [3.8, 4) is 11.5 Å². The average Bonchev–Trinajstić information content (AvgIpc) is 3.33. The molecule has 0 bridgehead atoms. The van der Waals surface area contributed by atoms with Crippen LogP contribution in [0.2, 0.25) is 0 Å². The zero-order chi connectivity index (χ0) is 32.1. The Bertz CT molecular complexity index is 1980. The second-order valence-corrected chi connectivity index (χ2v) is 11.7. The number of hydrogen-bond acceptors (Lipinski definition) is 9. The van der Waals surface area contributed by atoms with E-state index in [4.69, 9.17) is 14.2 Å². The van der Waals surface area contributed by atoms with E-state index in [2.05, 4.69) is 27.5 Å². The summed E-state index contributed by atoms with van der Waals surface area (Å²) >= 11 is 4.77. The van der Waals surface area contributed by atoms with Gasteiger partial charge in [0.25, 0.3) is 11.2 Å². The van der Waals surface area contributed by atoms with Crippen molar-refractivity contribution in [3.05, 3.63) is 142 Å². The van der Waals surface area contributed by atoms with Gasteiger partial charge in [0.05, 0.1) is 37.8 Å². The highest BCUT2D eigenvalue weighted by molar-refractivity contribution is 9.10. The van der Waals surface area contributed by atoms with Crippen LogP contribution in [0.15, 0.2) is 105 Å². The summed E-state index contributed by atoms with van der Waals surface area (Å²) in [5, 5.41) is 10.9. The summed E-state index contributed by atoms with van der Waals surface area (Å²) in [5.74, 6) is 0.677. The van der Waals surface area contributed by atoms with Gasteiger partial charge in [0, 0.05) is 12.1 Å². The summed E-state index contributed by atoms with van der Waals surface area (Å²) in [6, 6.07) is 18.1. The smallest absolute Gasteiger partial charge is 0.338 e. The zero-order valence-electron chi connectivity index (χ0n) is 24.4. The third kappa shape index (κ3) is 6.97. The summed E-state index contributed by atoms with van der Waals surface area (Å²) in [6.07, 6.45) is 3.42. The van der Waals surface area contributed by atoms with Crippen LogP contribution in [0.3, 0.4) is 0 Å². The molecule has 0 unspecified atom stereocenters. The molecule has 3 aromatic carbocycles. The molecule has 1 aromatic heterocycles. The van der Waals surface area contributed by atoms with E-state index in [0.29, 0.717) is 48.7 Å². The molecule has 45 heavy (non-hydrogen) atoms. The molecular formula is C33H28BrN3O7S. The fourth-order valence-corrected chi connectivity index (χ4v) is 6.32. The highest BCUT2D eigenvalue weighted by atomic mass is 79.9. The number of allylic oxidation sites excluding steroid dienone is 1. The van der Waals surface area contributed by atoms with E-state index in [0.717, 1.165) is 11.1 Å². The van der Waals surface area contributed by atoms with Crippen LogP contribution in [0.1, 0.15) is 36.6 Å². The Morgan fingerprint density at radius 2 is 1.87 bits per heavy atom. The number of nitro benzene ring substituents is 1. The summed E-state index contributed by atoms with van der Waals surface area (Å²) in [5.41, 5.74) is 2.74. The SMILES string of the molecule is C=CCOc1ccc([C@@H]2C(C(=O)OCC)=C(C)N=c3s/c(=C\c4ccc(OCc5ccc([N+](=O)[O-])cc5)c(Br)c4)c(=O)n32)cc1. The van der Waals surface area contributed by atoms with Crippen LogP contribution in [0, 0.1) is 10.1 Å². The average molecular weight is 691 g/mol. The molecule has 12 heteroatoms. The van der Waals surface area contributed by atoms with Crippen LogP contribution < -0.4 is 24.4 Å². The number of ether oxygens (including phenoxy) is 3. The molecule has 0 amide bonds. The number of aromatic nitrogens is 1. The van der Waals surface area contributed by atoms with Gasteiger partial charge in [-0.3, -0.25) is 19.5 Å². The highest BCUT2D eigenvalue weighted by Gasteiger charge is 2.33. The van der Waals surface area contributed by atoms with Crippen molar-refractivity contribution in [2.45, 2.75) is 26.5 Å². The minimum atomic E-state index is -0.738. The van der Waals surface area contributed by atoms with Gasteiger partial charge in [-0.2, -0.15) is 0 Å². The fraction of sp³-hybridized carbons (Fsp3) is 0.182. The van der Waals surface area contributed by atoms with Gasteiger partial charge in [-0.1, -0.05) is 42.2 Å². The number of fused-ring (bicyclic) bond motifs is 1. The largest absolute Gasteiger partial charge is 0.490 e. The monoisotopic (exact) mass is 689 g/mol. The van der Waals surface area contributed by atoms with Crippen LogP contribution in [-0.4, -0.2) is 28.7 Å². The van der Waals surface area contributed by atoms with Crippen molar-refractivity contribution < 1.29 is 23.9 Å². The molecule has 0 aliphatic carbocycles. The topological polar surface area (TPSA) is 122 Å². The molecule has 0 radical (unpaired) electrons. The quantitative estimate of drug-likeness (QED) is 0.0868. The van der Waals surface area contributed by atoms with Crippen molar-refractivity contribution in [3.63, 3.8) is 0 Å². The van der Waals surface area contributed by atoms with Crippen LogP contribution in [-0.2, 0) is 16.1 Å². The van der Waals surface area contributed by atoms with Crippen molar-refractivity contribution in [2.24, 2.45) is 4.99 Å². The van der Waals surface area contributed by atoms with E-state index in [1.807, 2.05) is 24.3 Å². The van der Waals surface area contributed by atoms with Gasteiger partial charge < -0.3 is 14.2 Å². The Morgan fingerprint density at radius 3 is 2.51 bits per heavy atom. The lowest BCUT2D eigenvalue weighted by Gasteiger charge is -2.24. The zero-order valence-corrected chi connectivity index (χ0v) is 26.8. The molecular weight excluding hydrogens is 662 g/mol. The molecule has 230 valence electrons. The highest BCUT2D eigenvalue weighted by Crippen LogP contribution is 2.32. The molecule has 1 aliphatic rings. The molecule has 0 fully saturated rings. The van der Waals surface area contributed by atoms with Crippen LogP contribution in [0.5, 0.6) is 11.5 Å². The lowest BCUT2D eigenvalue weighted by molar-refractivity contribution is -0.384. The van der Waals surface area contributed by atoms with E-state index in [1.165, 1.54) is 28.0 Å². The summed E-state index contributed by atoms with van der Waals surface area (Å²) in [7, 11) is 0. The maximum absolute atomic E-state index is 13.9. The summed E-state index contributed by atoms with van der Waals surface area (Å²) in [4.78, 5) is 42.6. The number of nitrogens with zero attached hydrogens (tertiary/aromatic N) is 3. The third-order valence-corrected chi connectivity index (χ3v) is 8.48. The Hall–Kier alpha value is -4.81. The number of carbonyl (C=O) groups is 1. The first-order valence-electron chi connectivity index (χ1n) is 13.9. The van der Waals surface area contributed by atoms with Crippen LogP contribution in [0.25, 0.3) is 6.08 Å². The third-order valence-electron chi connectivity index (χ3n) is 6.88. The molecule has 0 saturated carbocycles. The Balaban J connectivity index is 1.47. The molecule has 4 aromatic rings. The van der Waals surface area contributed by atoms with Gasteiger partial charge in [0.15, 0.2) is 4.80 Å². The van der Waals surface area contributed by atoms with E-state index in [-0.39, 0.29) is 24.5 Å². The Kier molecular flexibility index (Phi) is 9.74. The molecule has 0 saturated heterocycles. The lowest BCUT2D eigenvalue weighted by Crippen LogP contribution is -2.39. The number of esters is 1. The van der Waals surface area contributed by atoms with Crippen molar-refractivity contribution in [2.75, 3.05) is 13.2 Å². The molecule has 1 aliphatic heterocycles. The van der Waals surface area contributed by atoms with Crippen LogP contribution >= 0.6 is 27.3 Å². The van der Waals surface area contributed by atoms with E-state index < -0.39 is 16.9 Å². The van der Waals surface area contributed by atoms with Gasteiger partial charge in [0.1, 0.15) is 24.7 Å². The number of halogens is 1. The van der Waals surface area contributed by atoms with E-state index in [9.17, 15) is 19.7 Å². The first-order chi connectivity index (χ1) is 21.7. The molecule has 10 nitrogen and oxygen atoms in total. The number of benzene rings is 3. The van der Waals surface area contributed by atoms with E-state index >= 15 is 0 Å². The van der Waals surface area contributed by atoms with Gasteiger partial charge in [-0.25, -0.2) is 9.79 Å². The number of hydrogen-bond donors (Lipinski definition) is 0. The van der Waals surface area contributed by atoms with Crippen molar-refractivity contribution in [1.29, 1.82) is 0 Å². The van der Waals surface area contributed by atoms with Crippen LogP contribution in [0.4, 0.5) is 5.69 Å². The first-order valence-corrected chi connectivity index (χ1v) is 15.5. The Labute approximate surface area is 270 Å². The number of carbonyl (C=O) groups excluding carboxylic acids is 1. The maximum atomic E-state index is 13.9. The molecule has 0 spiro atoms. The van der Waals surface area contributed by atoms with Gasteiger partial charge in [-0.05, 0) is 88.9 Å². The molecule has 5 rings (SSSR count). The number of thiazole rings is 1. The normalized spacial score (nSPS) is 14.4. The number of rotatable bonds is 11. The lowest BCUT2D eigenvalue weighted by atomic mass is 9.96. The predicted molar refractivity (Wildman–Crippen MR) is 174 cm³/mol. The standard InChI is InChI=1S/C33H28BrN3O7S/c1-4-16-43-25-13-9-23(10-14-25)30-29(32(39)42-5-2)20(3)35-33-36(30)31(38)28(45-33)18-22-8-15-27(26(34)17-22)44-19-21-6-11-24(12-7-21)37(40)41/h4,6-15,17-18,30H,1,5,16,19H2,2-3H3/b28-18-/t30-/m1/s1. The Morgan fingerprint density at radius 1 is 1.13 bits per heavy atom.